The predicted octanol–water partition coefficient (Wildman–Crippen LogP) is 0.927. The van der Waals surface area contributed by atoms with Crippen LogP contribution in [0, 0.1) is 5.41 Å². The van der Waals surface area contributed by atoms with Crippen molar-refractivity contribution in [2.75, 3.05) is 0 Å². The van der Waals surface area contributed by atoms with Gasteiger partial charge < -0.3 is 10.9 Å². The lowest BCUT2D eigenvalue weighted by atomic mass is 9.85. The molecule has 4 heteroatoms. The molecule has 12 heavy (non-hydrogen) atoms. The molecule has 0 aliphatic heterocycles. The van der Waals surface area contributed by atoms with Crippen molar-refractivity contribution in [1.29, 1.82) is 0 Å². The maximum Gasteiger partial charge on any atom is 0.143 e. The first-order valence-electron chi connectivity index (χ1n) is 3.62. The van der Waals surface area contributed by atoms with Gasteiger partial charge in [-0.05, 0) is 5.41 Å². The first kappa shape index (κ1) is 10.7. The zero-order valence-electron chi connectivity index (χ0n) is 7.59. The summed E-state index contributed by atoms with van der Waals surface area (Å²) in [6.45, 7) is 5.62. The van der Waals surface area contributed by atoms with Gasteiger partial charge in [-0.15, -0.1) is 0 Å². The van der Waals surface area contributed by atoms with Gasteiger partial charge in [0.15, 0.2) is 0 Å². The SMILES string of the molecule is CC(C)(C)C(=C=O)CC(N)=NO. The fourth-order valence-corrected chi connectivity index (χ4v) is 0.671. The van der Waals surface area contributed by atoms with E-state index in [2.05, 4.69) is 5.16 Å². The molecule has 68 valence electrons. The topological polar surface area (TPSA) is 75.7 Å². The number of nitrogens with two attached hydrogens (primary N) is 1. The minimum Gasteiger partial charge on any atom is -0.409 e. The van der Waals surface area contributed by atoms with Crippen LogP contribution in [0.3, 0.4) is 0 Å². The maximum atomic E-state index is 10.4. The van der Waals surface area contributed by atoms with Crippen molar-refractivity contribution in [2.24, 2.45) is 16.3 Å². The lowest BCUT2D eigenvalue weighted by Gasteiger charge is -2.18. The van der Waals surface area contributed by atoms with Gasteiger partial charge in [-0.3, -0.25) is 0 Å². The molecule has 0 aromatic heterocycles. The van der Waals surface area contributed by atoms with Gasteiger partial charge in [-0.1, -0.05) is 25.9 Å². The van der Waals surface area contributed by atoms with Crippen molar-refractivity contribution in [3.05, 3.63) is 5.57 Å². The van der Waals surface area contributed by atoms with Crippen molar-refractivity contribution in [1.82, 2.24) is 0 Å². The third-order valence-corrected chi connectivity index (χ3v) is 1.51. The molecule has 0 radical (unpaired) electrons. The van der Waals surface area contributed by atoms with Gasteiger partial charge in [-0.25, -0.2) is 4.79 Å². The molecule has 0 fully saturated rings. The second-order valence-corrected chi connectivity index (χ2v) is 3.60. The smallest absolute Gasteiger partial charge is 0.143 e. The van der Waals surface area contributed by atoms with E-state index >= 15 is 0 Å². The summed E-state index contributed by atoms with van der Waals surface area (Å²) >= 11 is 0. The fraction of sp³-hybridized carbons (Fsp3) is 0.625. The van der Waals surface area contributed by atoms with Crippen molar-refractivity contribution in [2.45, 2.75) is 27.2 Å². The van der Waals surface area contributed by atoms with Crippen LogP contribution in [0.5, 0.6) is 0 Å². The Morgan fingerprint density at radius 2 is 2.08 bits per heavy atom. The van der Waals surface area contributed by atoms with Crippen LogP contribution in [-0.2, 0) is 4.79 Å². The van der Waals surface area contributed by atoms with Crippen LogP contribution in [0.25, 0.3) is 0 Å². The number of nitrogens with zero attached hydrogens (tertiary/aromatic N) is 1. The van der Waals surface area contributed by atoms with Crippen molar-refractivity contribution in [3.8, 4) is 0 Å². The molecule has 0 rings (SSSR count). The summed E-state index contributed by atoms with van der Waals surface area (Å²) in [5.41, 5.74) is 5.46. The molecule has 0 aromatic rings. The molecule has 0 unspecified atom stereocenters. The molecule has 0 aromatic carbocycles. The van der Waals surface area contributed by atoms with Gasteiger partial charge in [-0.2, -0.15) is 0 Å². The van der Waals surface area contributed by atoms with E-state index in [1.165, 1.54) is 0 Å². The Morgan fingerprint density at radius 1 is 1.58 bits per heavy atom. The van der Waals surface area contributed by atoms with Gasteiger partial charge in [0.25, 0.3) is 0 Å². The molecule has 0 spiro atoms. The normalized spacial score (nSPS) is 12.4. The van der Waals surface area contributed by atoms with E-state index in [-0.39, 0.29) is 17.7 Å². The van der Waals surface area contributed by atoms with Crippen molar-refractivity contribution in [3.63, 3.8) is 0 Å². The number of hydrogen-bond acceptors (Lipinski definition) is 3. The summed E-state index contributed by atoms with van der Waals surface area (Å²) in [4.78, 5) is 10.4. The number of hydrogen-bond donors (Lipinski definition) is 2. The Morgan fingerprint density at radius 3 is 2.33 bits per heavy atom. The molecule has 0 amide bonds. The highest BCUT2D eigenvalue weighted by Gasteiger charge is 2.19. The molecule has 0 atom stereocenters. The van der Waals surface area contributed by atoms with Crippen LogP contribution in [0.15, 0.2) is 10.7 Å². The average Bonchev–Trinajstić information content (AvgIpc) is 1.97. The van der Waals surface area contributed by atoms with E-state index in [1.54, 1.807) is 5.94 Å². The summed E-state index contributed by atoms with van der Waals surface area (Å²) in [5, 5.41) is 11.0. The lowest BCUT2D eigenvalue weighted by Crippen LogP contribution is -2.19. The zero-order chi connectivity index (χ0) is 9.78. The molecule has 0 bridgehead atoms. The third-order valence-electron chi connectivity index (χ3n) is 1.51. The van der Waals surface area contributed by atoms with E-state index in [1.807, 2.05) is 20.8 Å². The maximum absolute atomic E-state index is 10.4. The highest BCUT2D eigenvalue weighted by Crippen LogP contribution is 2.25. The van der Waals surface area contributed by atoms with E-state index < -0.39 is 0 Å². The standard InChI is InChI=1S/C8H14N2O2/c1-8(2,3)6(5-11)4-7(9)10-12/h12H,4H2,1-3H3,(H2,9,10). The van der Waals surface area contributed by atoms with Crippen molar-refractivity contribution < 1.29 is 10.0 Å². The number of amidine groups is 1. The van der Waals surface area contributed by atoms with Crippen LogP contribution < -0.4 is 5.73 Å². The molecule has 0 aliphatic carbocycles. The molecular formula is C8H14N2O2. The Hall–Kier alpha value is -1.28. The van der Waals surface area contributed by atoms with E-state index in [0.29, 0.717) is 5.57 Å². The number of carbonyl (C=O) groups excluding carboxylic acids is 1. The lowest BCUT2D eigenvalue weighted by molar-refractivity contribution is 0.317. The fourth-order valence-electron chi connectivity index (χ4n) is 0.671. The summed E-state index contributed by atoms with van der Waals surface area (Å²) in [6, 6.07) is 0. The van der Waals surface area contributed by atoms with E-state index in [9.17, 15) is 4.79 Å². The molecule has 0 saturated carbocycles. The minimum atomic E-state index is -0.281. The van der Waals surface area contributed by atoms with Gasteiger partial charge >= 0.3 is 0 Å². The van der Waals surface area contributed by atoms with Gasteiger partial charge in [0.1, 0.15) is 11.8 Å². The molecule has 3 N–H and O–H groups in total. The largest absolute Gasteiger partial charge is 0.409 e. The Bertz CT molecular complexity index is 232. The van der Waals surface area contributed by atoms with Gasteiger partial charge in [0.05, 0.1) is 0 Å². The van der Waals surface area contributed by atoms with Crippen LogP contribution >= 0.6 is 0 Å². The van der Waals surface area contributed by atoms with E-state index in [4.69, 9.17) is 10.9 Å². The second-order valence-electron chi connectivity index (χ2n) is 3.60. The summed E-state index contributed by atoms with van der Waals surface area (Å²) in [6.07, 6.45) is 0.170. The Kier molecular flexibility index (Phi) is 3.51. The Labute approximate surface area is 71.7 Å². The summed E-state index contributed by atoms with van der Waals surface area (Å²) in [5.74, 6) is 1.83. The second kappa shape index (κ2) is 3.93. The highest BCUT2D eigenvalue weighted by molar-refractivity contribution is 5.84. The van der Waals surface area contributed by atoms with Gasteiger partial charge in [0, 0.05) is 12.0 Å². The van der Waals surface area contributed by atoms with E-state index in [0.717, 1.165) is 0 Å². The monoisotopic (exact) mass is 170 g/mol. The summed E-state index contributed by atoms with van der Waals surface area (Å²) < 4.78 is 0. The molecular weight excluding hydrogens is 156 g/mol. The molecule has 0 aliphatic rings. The van der Waals surface area contributed by atoms with Crippen molar-refractivity contribution >= 4 is 11.8 Å². The van der Waals surface area contributed by atoms with Crippen LogP contribution in [0.1, 0.15) is 27.2 Å². The number of rotatable bonds is 2. The molecule has 0 heterocycles. The van der Waals surface area contributed by atoms with Crippen LogP contribution in [0.2, 0.25) is 0 Å². The first-order valence-corrected chi connectivity index (χ1v) is 3.62. The summed E-state index contributed by atoms with van der Waals surface area (Å²) in [7, 11) is 0. The average molecular weight is 170 g/mol. The Balaban J connectivity index is 4.54. The minimum absolute atomic E-state index is 0.0308. The molecule has 4 nitrogen and oxygen atoms in total. The first-order chi connectivity index (χ1) is 5.41. The van der Waals surface area contributed by atoms with Crippen LogP contribution in [-0.4, -0.2) is 17.0 Å². The quantitative estimate of drug-likeness (QED) is 0.213. The molecule has 0 saturated heterocycles. The number of oxime groups is 1. The highest BCUT2D eigenvalue weighted by atomic mass is 16.4. The van der Waals surface area contributed by atoms with Crippen LogP contribution in [0.4, 0.5) is 0 Å². The third kappa shape index (κ3) is 3.21. The van der Waals surface area contributed by atoms with Gasteiger partial charge in [0.2, 0.25) is 0 Å². The zero-order valence-corrected chi connectivity index (χ0v) is 7.59. The predicted molar refractivity (Wildman–Crippen MR) is 46.7 cm³/mol.